The van der Waals surface area contributed by atoms with Gasteiger partial charge < -0.3 is 0 Å². The zero-order valence-corrected chi connectivity index (χ0v) is 10.9. The summed E-state index contributed by atoms with van der Waals surface area (Å²) in [5.74, 6) is 3.11. The van der Waals surface area contributed by atoms with Crippen molar-refractivity contribution in [1.29, 1.82) is 0 Å². The Morgan fingerprint density at radius 3 is 2.10 bits per heavy atom. The van der Waals surface area contributed by atoms with Gasteiger partial charge in [-0.3, -0.25) is 0 Å². The second-order valence-electron chi connectivity index (χ2n) is 3.27. The van der Waals surface area contributed by atoms with Crippen LogP contribution >= 0.6 is 22.6 Å². The summed E-state index contributed by atoms with van der Waals surface area (Å²) in [6.45, 7) is 4.89. The van der Waals surface area contributed by atoms with E-state index in [1.165, 1.54) is 4.43 Å². The molecule has 62 valence electrons. The van der Waals surface area contributed by atoms with Gasteiger partial charge in [-0.05, 0) is 0 Å². The number of hydrogen-bond donors (Lipinski definition) is 0. The average Bonchev–Trinajstić information content (AvgIpc) is 1.88. The third-order valence-electron chi connectivity index (χ3n) is 2.34. The fourth-order valence-electron chi connectivity index (χ4n) is 1.50. The van der Waals surface area contributed by atoms with Crippen LogP contribution in [-0.2, 0) is 0 Å². The molecule has 1 rings (SSSR count). The summed E-state index contributed by atoms with van der Waals surface area (Å²) in [4.78, 5) is 0. The van der Waals surface area contributed by atoms with Gasteiger partial charge in [-0.2, -0.15) is 0 Å². The summed E-state index contributed by atoms with van der Waals surface area (Å²) < 4.78 is 4.54. The van der Waals surface area contributed by atoms with Crippen molar-refractivity contribution < 1.29 is 21.2 Å². The Labute approximate surface area is 87.9 Å². The maximum atomic E-state index is 2.55. The minimum atomic E-state index is 0.598. The van der Waals surface area contributed by atoms with E-state index in [-0.39, 0.29) is 0 Å². The zero-order valence-electron chi connectivity index (χ0n) is 6.61. The molecule has 2 unspecified atom stereocenters. The fourth-order valence-corrected chi connectivity index (χ4v) is 6.87. The van der Waals surface area contributed by atoms with Crippen LogP contribution in [0.1, 0.15) is 13.8 Å². The number of rotatable bonds is 1. The van der Waals surface area contributed by atoms with E-state index in [0.29, 0.717) is 21.2 Å². The minimum absolute atomic E-state index is 0.598. The van der Waals surface area contributed by atoms with Gasteiger partial charge in [0.25, 0.3) is 0 Å². The first-order chi connectivity index (χ1) is 4.75. The van der Waals surface area contributed by atoms with E-state index >= 15 is 0 Å². The summed E-state index contributed by atoms with van der Waals surface area (Å²) in [7, 11) is 0. The molecule has 0 N–H and O–H groups in total. The second kappa shape index (κ2) is 4.48. The third kappa shape index (κ3) is 2.22. The number of hydrogen-bond acceptors (Lipinski definition) is 0. The van der Waals surface area contributed by atoms with Gasteiger partial charge in [-0.1, -0.05) is 0 Å². The molecule has 1 saturated heterocycles. The zero-order chi connectivity index (χ0) is 7.56. The molecule has 1 aliphatic heterocycles. The molecule has 0 radical (unpaired) electrons. The SMILES string of the molecule is CC1C[I-]CC(C)C1CI. The van der Waals surface area contributed by atoms with Crippen molar-refractivity contribution in [3.63, 3.8) is 0 Å². The van der Waals surface area contributed by atoms with Crippen LogP contribution in [0.3, 0.4) is 0 Å². The van der Waals surface area contributed by atoms with E-state index in [0.717, 1.165) is 17.8 Å². The predicted molar refractivity (Wildman–Crippen MR) is 50.4 cm³/mol. The van der Waals surface area contributed by atoms with Gasteiger partial charge in [0, 0.05) is 0 Å². The number of alkyl halides is 3. The van der Waals surface area contributed by atoms with Crippen LogP contribution < -0.4 is 21.2 Å². The molecular formula is C8H15I2-. The van der Waals surface area contributed by atoms with Crippen LogP contribution in [0.2, 0.25) is 0 Å². The monoisotopic (exact) mass is 365 g/mol. The van der Waals surface area contributed by atoms with Crippen molar-refractivity contribution in [3.05, 3.63) is 0 Å². The molecule has 0 aromatic carbocycles. The first-order valence-electron chi connectivity index (χ1n) is 3.85. The average molecular weight is 365 g/mol. The van der Waals surface area contributed by atoms with Crippen molar-refractivity contribution in [2.45, 2.75) is 13.8 Å². The van der Waals surface area contributed by atoms with Gasteiger partial charge in [0.2, 0.25) is 0 Å². The van der Waals surface area contributed by atoms with Crippen molar-refractivity contribution >= 4 is 22.6 Å². The molecule has 2 heteroatoms. The summed E-state index contributed by atoms with van der Waals surface area (Å²) in [5.41, 5.74) is 0. The molecule has 10 heavy (non-hydrogen) atoms. The Kier molecular flexibility index (Phi) is 4.27. The molecule has 0 saturated carbocycles. The van der Waals surface area contributed by atoms with E-state index in [1.54, 1.807) is 8.86 Å². The van der Waals surface area contributed by atoms with E-state index in [2.05, 4.69) is 36.4 Å². The Bertz CT molecular complexity index is 93.4. The van der Waals surface area contributed by atoms with E-state index in [1.807, 2.05) is 0 Å². The maximum absolute atomic E-state index is 2.55. The van der Waals surface area contributed by atoms with Gasteiger partial charge in [0.1, 0.15) is 0 Å². The van der Waals surface area contributed by atoms with Crippen LogP contribution in [0.5, 0.6) is 0 Å². The van der Waals surface area contributed by atoms with Crippen LogP contribution in [0.25, 0.3) is 0 Å². The van der Waals surface area contributed by atoms with Crippen LogP contribution in [-0.4, -0.2) is 13.3 Å². The first-order valence-corrected chi connectivity index (χ1v) is 8.42. The Hall–Kier alpha value is 1.46. The third-order valence-corrected chi connectivity index (χ3v) is 7.39. The fraction of sp³-hybridized carbons (Fsp3) is 1.00. The van der Waals surface area contributed by atoms with Gasteiger partial charge in [0.15, 0.2) is 0 Å². The van der Waals surface area contributed by atoms with E-state index in [4.69, 9.17) is 0 Å². The van der Waals surface area contributed by atoms with Crippen LogP contribution in [0, 0.1) is 17.8 Å². The van der Waals surface area contributed by atoms with Gasteiger partial charge >= 0.3 is 88.7 Å². The molecule has 0 spiro atoms. The Balaban J connectivity index is 2.45. The quantitative estimate of drug-likeness (QED) is 0.431. The molecule has 0 aliphatic carbocycles. The Morgan fingerprint density at radius 2 is 1.80 bits per heavy atom. The molecule has 0 amide bonds. The molecule has 0 aromatic heterocycles. The van der Waals surface area contributed by atoms with Gasteiger partial charge in [-0.15, -0.1) is 0 Å². The van der Waals surface area contributed by atoms with Gasteiger partial charge in [0.05, 0.1) is 0 Å². The molecule has 2 atom stereocenters. The topological polar surface area (TPSA) is 0 Å². The standard InChI is InChI=1S/C8H15I2/c1-6-4-10-5-7(2)8(6)3-9/h6-8H,3-5H2,1-2H3/q-1. The first kappa shape index (κ1) is 9.55. The molecule has 1 heterocycles. The second-order valence-corrected chi connectivity index (χ2v) is 6.99. The number of halogens is 2. The van der Waals surface area contributed by atoms with E-state index in [9.17, 15) is 0 Å². The van der Waals surface area contributed by atoms with Crippen molar-refractivity contribution in [3.8, 4) is 0 Å². The van der Waals surface area contributed by atoms with Crippen LogP contribution in [0.15, 0.2) is 0 Å². The molecule has 0 bridgehead atoms. The predicted octanol–water partition coefficient (Wildman–Crippen LogP) is -0.588. The van der Waals surface area contributed by atoms with Gasteiger partial charge in [-0.25, -0.2) is 0 Å². The molecule has 0 aromatic rings. The van der Waals surface area contributed by atoms with Crippen molar-refractivity contribution in [2.24, 2.45) is 17.8 Å². The molecule has 1 aliphatic rings. The molecule has 0 nitrogen and oxygen atoms in total. The van der Waals surface area contributed by atoms with Crippen LogP contribution in [0.4, 0.5) is 0 Å². The summed E-state index contributed by atoms with van der Waals surface area (Å²) >= 11 is 3.15. The van der Waals surface area contributed by atoms with Crippen molar-refractivity contribution in [1.82, 2.24) is 0 Å². The van der Waals surface area contributed by atoms with E-state index < -0.39 is 0 Å². The molecule has 1 fully saturated rings. The Morgan fingerprint density at radius 1 is 1.30 bits per heavy atom. The normalized spacial score (nSPS) is 42.5. The summed E-state index contributed by atoms with van der Waals surface area (Å²) in [6, 6.07) is 0. The van der Waals surface area contributed by atoms with Crippen molar-refractivity contribution in [2.75, 3.05) is 13.3 Å². The molecular weight excluding hydrogens is 350 g/mol. The summed E-state index contributed by atoms with van der Waals surface area (Å²) in [6.07, 6.45) is 0. The summed E-state index contributed by atoms with van der Waals surface area (Å²) in [5, 5.41) is 0.